The van der Waals surface area contributed by atoms with Crippen molar-refractivity contribution in [1.29, 1.82) is 0 Å². The molecule has 3 aliphatic heterocycles. The first-order valence-corrected chi connectivity index (χ1v) is 19.9. The van der Waals surface area contributed by atoms with E-state index in [-0.39, 0.29) is 42.3 Å². The third-order valence-corrected chi connectivity index (χ3v) is 10.5. The molecule has 0 spiro atoms. The zero-order chi connectivity index (χ0) is 37.7. The number of hydrogen-bond acceptors (Lipinski definition) is 9. The van der Waals surface area contributed by atoms with E-state index in [1.54, 1.807) is 4.90 Å². The number of thiazole rings is 1. The zero-order valence-electron chi connectivity index (χ0n) is 30.7. The number of likely N-dealkylation sites (tertiary alicyclic amines) is 1. The van der Waals surface area contributed by atoms with Crippen molar-refractivity contribution in [2.45, 2.75) is 117 Å². The molecule has 51 heavy (non-hydrogen) atoms. The summed E-state index contributed by atoms with van der Waals surface area (Å²) in [6.07, 6.45) is 9.91. The number of rotatable bonds is 11. The number of amides is 3. The predicted molar refractivity (Wildman–Crippen MR) is 194 cm³/mol. The average Bonchev–Trinajstić information content (AvgIpc) is 3.44. The molecule has 3 saturated heterocycles. The lowest BCUT2D eigenvalue weighted by Crippen LogP contribution is -2.74. The molecule has 0 unspecified atom stereocenters. The van der Waals surface area contributed by atoms with Gasteiger partial charge < -0.3 is 24.5 Å². The summed E-state index contributed by atoms with van der Waals surface area (Å²) in [6.45, 7) is 16.2. The fourth-order valence-electron chi connectivity index (χ4n) is 6.65. The van der Waals surface area contributed by atoms with Crippen LogP contribution in [0, 0.1) is 35.5 Å². The van der Waals surface area contributed by atoms with Crippen molar-refractivity contribution in [2.24, 2.45) is 11.3 Å². The van der Waals surface area contributed by atoms with E-state index in [9.17, 15) is 18.9 Å². The maximum atomic E-state index is 14.4. The summed E-state index contributed by atoms with van der Waals surface area (Å²) >= 11 is 1.18. The number of fused-ring (bicyclic) bond motifs is 1. The molecule has 1 aromatic heterocycles. The molecule has 2 N–H and O–H groups in total. The smallest absolute Gasteiger partial charge is 0.334 e. The number of unbranched alkanes of at least 4 members (excludes halogenated alkanes) is 1. The summed E-state index contributed by atoms with van der Waals surface area (Å²) in [4.78, 5) is 77.3. The topological polar surface area (TPSA) is 153 Å². The van der Waals surface area contributed by atoms with Gasteiger partial charge in [-0.3, -0.25) is 23.7 Å². The van der Waals surface area contributed by atoms with Crippen LogP contribution in [-0.4, -0.2) is 109 Å². The van der Waals surface area contributed by atoms with E-state index in [0.29, 0.717) is 47.3 Å². The second-order valence-electron chi connectivity index (χ2n) is 15.2. The lowest BCUT2D eigenvalue weighted by atomic mass is 9.84. The van der Waals surface area contributed by atoms with Crippen LogP contribution >= 0.6 is 19.2 Å². The average molecular weight is 746 g/mol. The van der Waals surface area contributed by atoms with Gasteiger partial charge in [0.15, 0.2) is 12.3 Å². The number of carbonyl (C=O) groups excluding carboxylic acids is 3. The Morgan fingerprint density at radius 2 is 1.86 bits per heavy atom. The summed E-state index contributed by atoms with van der Waals surface area (Å²) in [7, 11) is -4.53. The van der Waals surface area contributed by atoms with Crippen LogP contribution in [0.1, 0.15) is 103 Å². The quantitative estimate of drug-likeness (QED) is 0.146. The van der Waals surface area contributed by atoms with Gasteiger partial charge in [0.05, 0.1) is 13.2 Å². The van der Waals surface area contributed by atoms with Gasteiger partial charge in [-0.05, 0) is 69.3 Å². The van der Waals surface area contributed by atoms with Crippen LogP contribution in [0.3, 0.4) is 0 Å². The fourth-order valence-corrected chi connectivity index (χ4v) is 7.76. The van der Waals surface area contributed by atoms with Crippen LogP contribution in [0.5, 0.6) is 0 Å². The Morgan fingerprint density at radius 3 is 2.45 bits per heavy atom. The molecular formula is C36H52N5O8PS. The molecule has 3 amide bonds. The molecule has 0 aromatic carbocycles. The first-order valence-electron chi connectivity index (χ1n) is 17.6. The van der Waals surface area contributed by atoms with Gasteiger partial charge in [0.1, 0.15) is 21.6 Å². The minimum Gasteiger partial charge on any atom is -0.334 e. The van der Waals surface area contributed by atoms with Crippen LogP contribution in [-0.2, 0) is 28.3 Å². The number of hydroxylamine groups is 2. The van der Waals surface area contributed by atoms with Gasteiger partial charge in [-0.2, -0.15) is 5.06 Å². The highest BCUT2D eigenvalue weighted by Crippen LogP contribution is 2.37. The fraction of sp³-hybridized carbons (Fsp3) is 0.667. The molecule has 280 valence electrons. The molecular weight excluding hydrogens is 693 g/mol. The maximum Gasteiger partial charge on any atom is 0.469 e. The Labute approximate surface area is 305 Å². The van der Waals surface area contributed by atoms with Crippen molar-refractivity contribution in [3.05, 3.63) is 21.7 Å². The second-order valence-corrected chi connectivity index (χ2v) is 17.5. The summed E-state index contributed by atoms with van der Waals surface area (Å²) in [5.41, 5.74) is 0.0792. The largest absolute Gasteiger partial charge is 0.469 e. The first-order chi connectivity index (χ1) is 23.9. The molecule has 15 heteroatoms. The molecule has 4 rings (SSSR count). The van der Waals surface area contributed by atoms with Crippen molar-refractivity contribution >= 4 is 43.0 Å². The molecule has 0 bridgehead atoms. The first kappa shape index (κ1) is 40.7. The molecule has 3 atom stereocenters. The van der Waals surface area contributed by atoms with Crippen molar-refractivity contribution in [3.63, 3.8) is 0 Å². The van der Waals surface area contributed by atoms with Gasteiger partial charge >= 0.3 is 7.82 Å². The third-order valence-electron chi connectivity index (χ3n) is 9.06. The number of phosphoric acid groups is 1. The third kappa shape index (κ3) is 11.0. The normalized spacial score (nSPS) is 22.5. The van der Waals surface area contributed by atoms with Gasteiger partial charge in [0, 0.05) is 37.7 Å². The van der Waals surface area contributed by atoms with E-state index in [2.05, 4.69) is 66.8 Å². The number of aromatic nitrogens is 1. The van der Waals surface area contributed by atoms with E-state index in [0.717, 1.165) is 25.9 Å². The highest BCUT2D eigenvalue weighted by atomic mass is 32.1. The van der Waals surface area contributed by atoms with Gasteiger partial charge in [-0.15, -0.1) is 17.8 Å². The van der Waals surface area contributed by atoms with Crippen LogP contribution in [0.2, 0.25) is 0 Å². The minimum atomic E-state index is -4.53. The Kier molecular flexibility index (Phi) is 13.7. The van der Waals surface area contributed by atoms with Crippen molar-refractivity contribution in [2.75, 3.05) is 26.2 Å². The molecule has 0 saturated carbocycles. The number of piperazine rings is 1. The summed E-state index contributed by atoms with van der Waals surface area (Å²) in [5, 5.41) is 1.72. The van der Waals surface area contributed by atoms with E-state index in [1.807, 2.05) is 18.7 Å². The number of carbonyl (C=O) groups is 3. The van der Waals surface area contributed by atoms with Gasteiger partial charge in [-0.25, -0.2) is 9.55 Å². The highest BCUT2D eigenvalue weighted by Gasteiger charge is 2.54. The zero-order valence-corrected chi connectivity index (χ0v) is 32.4. The van der Waals surface area contributed by atoms with Crippen LogP contribution < -0.4 is 0 Å². The van der Waals surface area contributed by atoms with Crippen LogP contribution in [0.15, 0.2) is 6.08 Å². The predicted octanol–water partition coefficient (Wildman–Crippen LogP) is 4.24. The Hall–Kier alpha value is -3.07. The van der Waals surface area contributed by atoms with E-state index in [1.165, 1.54) is 28.6 Å². The van der Waals surface area contributed by atoms with E-state index < -0.39 is 32.0 Å². The lowest BCUT2D eigenvalue weighted by Gasteiger charge is -2.55. The summed E-state index contributed by atoms with van der Waals surface area (Å²) in [6, 6.07) is -0.336. The lowest BCUT2D eigenvalue weighted by molar-refractivity contribution is -0.276. The highest BCUT2D eigenvalue weighted by molar-refractivity contribution is 7.46. The van der Waals surface area contributed by atoms with Crippen molar-refractivity contribution in [3.8, 4) is 24.2 Å². The van der Waals surface area contributed by atoms with Gasteiger partial charge in [-0.1, -0.05) is 46.5 Å². The van der Waals surface area contributed by atoms with Crippen molar-refractivity contribution < 1.29 is 38.1 Å². The van der Waals surface area contributed by atoms with Gasteiger partial charge in [0.2, 0.25) is 5.91 Å². The SMILES string of the molecule is C#Cc1sc(/C=C/C(=O)N2O[C@H](CC(C)C)C(=O)N3[C@@H]2CN(C2CCN(C(C)C)CC2)C(=O)[C@@H]3CC(C)(C)C)nc1C#CCCCOP(=O)(O)O. The Bertz CT molecular complexity index is 1600. The number of phosphoric ester groups is 1. The van der Waals surface area contributed by atoms with Crippen LogP contribution in [0.4, 0.5) is 0 Å². The van der Waals surface area contributed by atoms with Crippen molar-refractivity contribution in [1.82, 2.24) is 24.7 Å². The molecule has 0 aliphatic carbocycles. The molecule has 13 nitrogen and oxygen atoms in total. The maximum absolute atomic E-state index is 14.4. The molecule has 0 radical (unpaired) electrons. The molecule has 3 aliphatic rings. The summed E-state index contributed by atoms with van der Waals surface area (Å²) < 4.78 is 15.3. The number of nitrogens with zero attached hydrogens (tertiary/aromatic N) is 5. The molecule has 1 aromatic rings. The molecule has 3 fully saturated rings. The Balaban J connectivity index is 1.60. The standard InChI is InChI=1S/C36H52N5O8PS/c1-9-30-27(13-11-10-12-20-48-50(45,46)47)37-31(51-30)14-15-33(42)41-32-23-39(26-16-18-38(19-17-26)25(4)5)34(43)28(22-36(6,7)8)40(32)35(44)29(49-41)21-24(2)3/h1,14-15,24-26,28-29,32H,10,12,16-23H2,2-8H3,(H2,45,46,47)/b15-14+/t28-,29+,32-/m0/s1. The summed E-state index contributed by atoms with van der Waals surface area (Å²) in [5.74, 6) is 7.61. The monoisotopic (exact) mass is 745 g/mol. The molecule has 4 heterocycles. The number of piperidine rings is 1. The van der Waals surface area contributed by atoms with E-state index >= 15 is 0 Å². The second kappa shape index (κ2) is 17.2. The number of terminal acetylenes is 1. The minimum absolute atomic E-state index is 0.0104. The van der Waals surface area contributed by atoms with E-state index in [4.69, 9.17) is 21.0 Å². The Morgan fingerprint density at radius 1 is 1.18 bits per heavy atom. The van der Waals surface area contributed by atoms with Crippen LogP contribution in [0.25, 0.3) is 6.08 Å². The van der Waals surface area contributed by atoms with Gasteiger partial charge in [0.25, 0.3) is 11.8 Å². The number of hydrogen-bond donors (Lipinski definition) is 2.